The number of aromatic nitrogens is 3. The number of carbonyl (C=O) groups excluding carboxylic acids is 1. The average molecular weight is 418 g/mol. The first kappa shape index (κ1) is 17.7. The highest BCUT2D eigenvalue weighted by Crippen LogP contribution is 2.31. The minimum atomic E-state index is -0.399. The molecular weight excluding hydrogens is 402 g/mol. The Hall–Kier alpha value is -2.12. The monoisotopic (exact) mass is 417 g/mol. The van der Waals surface area contributed by atoms with Crippen molar-refractivity contribution >= 4 is 33.7 Å². The molecule has 0 atom stereocenters. The van der Waals surface area contributed by atoms with E-state index in [1.54, 1.807) is 6.92 Å². The predicted octanol–water partition coefficient (Wildman–Crippen LogP) is 4.70. The summed E-state index contributed by atoms with van der Waals surface area (Å²) in [5.74, 6) is 0.324. The molecule has 0 amide bonds. The van der Waals surface area contributed by atoms with Crippen LogP contribution in [0.25, 0.3) is 11.4 Å². The van der Waals surface area contributed by atoms with Crippen LogP contribution in [0.3, 0.4) is 0 Å². The molecule has 0 radical (unpaired) electrons. The number of esters is 1. The first-order valence-corrected chi connectivity index (χ1v) is 9.52. The fourth-order valence-corrected chi connectivity index (χ4v) is 3.56. The molecule has 3 aromatic rings. The largest absolute Gasteiger partial charge is 0.462 e. The normalized spacial score (nSPS) is 10.6. The minimum absolute atomic E-state index is 0.304. The Balaban J connectivity index is 1.94. The van der Waals surface area contributed by atoms with Gasteiger partial charge in [-0.2, -0.15) is 5.10 Å². The molecule has 0 bridgehead atoms. The van der Waals surface area contributed by atoms with Crippen molar-refractivity contribution in [3.05, 3.63) is 64.3 Å². The summed E-state index contributed by atoms with van der Waals surface area (Å²) in [7, 11) is 0. The minimum Gasteiger partial charge on any atom is -0.462 e. The highest BCUT2D eigenvalue weighted by Gasteiger charge is 2.24. The van der Waals surface area contributed by atoms with Gasteiger partial charge in [0.1, 0.15) is 20.9 Å². The molecular formula is C18H16BrN3O2S. The number of H-pyrrole nitrogens is 1. The van der Waals surface area contributed by atoms with Gasteiger partial charge in [0.05, 0.1) is 12.3 Å². The third kappa shape index (κ3) is 4.29. The van der Waals surface area contributed by atoms with Crippen LogP contribution in [-0.4, -0.2) is 27.8 Å². The lowest BCUT2D eigenvalue weighted by Crippen LogP contribution is -2.07. The second-order valence-electron chi connectivity index (χ2n) is 5.12. The molecule has 0 saturated carbocycles. The summed E-state index contributed by atoms with van der Waals surface area (Å²) in [6, 6.07) is 15.5. The van der Waals surface area contributed by atoms with Gasteiger partial charge >= 0.3 is 5.97 Å². The van der Waals surface area contributed by atoms with Crippen molar-refractivity contribution in [2.24, 2.45) is 0 Å². The molecule has 25 heavy (non-hydrogen) atoms. The first-order valence-electron chi connectivity index (χ1n) is 7.74. The van der Waals surface area contributed by atoms with Crippen LogP contribution in [-0.2, 0) is 10.5 Å². The zero-order valence-electron chi connectivity index (χ0n) is 13.5. The zero-order chi connectivity index (χ0) is 17.6. The zero-order valence-corrected chi connectivity index (χ0v) is 15.9. The van der Waals surface area contributed by atoms with Crippen molar-refractivity contribution in [2.45, 2.75) is 17.7 Å². The van der Waals surface area contributed by atoms with Crippen molar-refractivity contribution in [3.63, 3.8) is 0 Å². The molecule has 0 unspecified atom stereocenters. The molecule has 7 heteroatoms. The Morgan fingerprint density at radius 2 is 2.00 bits per heavy atom. The fraction of sp³-hybridized carbons (Fsp3) is 0.167. The predicted molar refractivity (Wildman–Crippen MR) is 101 cm³/mol. The molecule has 3 rings (SSSR count). The number of nitrogens with zero attached hydrogens (tertiary/aromatic N) is 2. The second-order valence-corrected chi connectivity index (χ2v) is 6.91. The fourth-order valence-electron chi connectivity index (χ4n) is 2.28. The van der Waals surface area contributed by atoms with Crippen LogP contribution in [0, 0.1) is 0 Å². The third-order valence-corrected chi connectivity index (χ3v) is 4.90. The lowest BCUT2D eigenvalue weighted by Gasteiger charge is -2.06. The molecule has 0 spiro atoms. The number of halogens is 1. The van der Waals surface area contributed by atoms with E-state index >= 15 is 0 Å². The number of rotatable bonds is 6. The number of hydrogen-bond donors (Lipinski definition) is 1. The standard InChI is InChI=1S/C18H16BrN3O2S/c1-2-24-18(23)15-16(13-9-6-10-14(19)20-13)21-22-17(15)25-11-12-7-4-3-5-8-12/h3-10H,2,11H2,1H3,(H,21,22). The molecule has 2 aromatic heterocycles. The van der Waals surface area contributed by atoms with Crippen LogP contribution >= 0.6 is 27.7 Å². The number of pyridine rings is 1. The van der Waals surface area contributed by atoms with Gasteiger partial charge in [-0.3, -0.25) is 5.10 Å². The Morgan fingerprint density at radius 1 is 1.20 bits per heavy atom. The third-order valence-electron chi connectivity index (χ3n) is 3.40. The van der Waals surface area contributed by atoms with E-state index in [0.29, 0.717) is 33.2 Å². The molecule has 0 aliphatic heterocycles. The summed E-state index contributed by atoms with van der Waals surface area (Å²) in [6.45, 7) is 2.09. The van der Waals surface area contributed by atoms with Crippen LogP contribution in [0.2, 0.25) is 0 Å². The Morgan fingerprint density at radius 3 is 2.72 bits per heavy atom. The van der Waals surface area contributed by atoms with Crippen molar-refractivity contribution in [3.8, 4) is 11.4 Å². The molecule has 0 aliphatic carbocycles. The molecule has 128 valence electrons. The Kier molecular flexibility index (Phi) is 5.88. The number of thioether (sulfide) groups is 1. The van der Waals surface area contributed by atoms with E-state index in [9.17, 15) is 4.79 Å². The molecule has 0 saturated heterocycles. The highest BCUT2D eigenvalue weighted by molar-refractivity contribution is 9.10. The van der Waals surface area contributed by atoms with E-state index in [0.717, 1.165) is 5.75 Å². The molecule has 0 aliphatic rings. The maximum absolute atomic E-state index is 12.5. The van der Waals surface area contributed by atoms with Crippen LogP contribution in [0.1, 0.15) is 22.8 Å². The number of hydrogen-bond acceptors (Lipinski definition) is 5. The first-order chi connectivity index (χ1) is 12.2. The summed E-state index contributed by atoms with van der Waals surface area (Å²) >= 11 is 4.87. The summed E-state index contributed by atoms with van der Waals surface area (Å²) in [6.07, 6.45) is 0. The van der Waals surface area contributed by atoms with Gasteiger partial charge in [0, 0.05) is 5.75 Å². The Bertz CT molecular complexity index is 868. The van der Waals surface area contributed by atoms with Crippen molar-refractivity contribution in [1.29, 1.82) is 0 Å². The summed E-state index contributed by atoms with van der Waals surface area (Å²) in [5, 5.41) is 7.95. The number of benzene rings is 1. The second kappa shape index (κ2) is 8.31. The van der Waals surface area contributed by atoms with Crippen LogP contribution < -0.4 is 0 Å². The van der Waals surface area contributed by atoms with Gasteiger partial charge in [0.25, 0.3) is 0 Å². The van der Waals surface area contributed by atoms with Crippen molar-refractivity contribution in [2.75, 3.05) is 6.61 Å². The SMILES string of the molecule is CCOC(=O)c1c(-c2cccc(Br)n2)n[nH]c1SCc1ccccc1. The maximum atomic E-state index is 12.5. The summed E-state index contributed by atoms with van der Waals surface area (Å²) < 4.78 is 5.90. The maximum Gasteiger partial charge on any atom is 0.343 e. The average Bonchev–Trinajstić information content (AvgIpc) is 3.05. The van der Waals surface area contributed by atoms with Gasteiger partial charge in [-0.25, -0.2) is 9.78 Å². The van der Waals surface area contributed by atoms with E-state index in [4.69, 9.17) is 4.74 Å². The van der Waals surface area contributed by atoms with Crippen molar-refractivity contribution < 1.29 is 9.53 Å². The lowest BCUT2D eigenvalue weighted by atomic mass is 10.2. The van der Waals surface area contributed by atoms with Gasteiger partial charge in [-0.1, -0.05) is 36.4 Å². The van der Waals surface area contributed by atoms with E-state index in [1.165, 1.54) is 17.3 Å². The number of ether oxygens (including phenoxy) is 1. The van der Waals surface area contributed by atoms with Crippen molar-refractivity contribution in [1.82, 2.24) is 15.2 Å². The number of aromatic amines is 1. The number of nitrogens with one attached hydrogen (secondary N) is 1. The van der Waals surface area contributed by atoms with E-state index in [-0.39, 0.29) is 0 Å². The van der Waals surface area contributed by atoms with Crippen LogP contribution in [0.4, 0.5) is 0 Å². The highest BCUT2D eigenvalue weighted by atomic mass is 79.9. The van der Waals surface area contributed by atoms with Gasteiger partial charge < -0.3 is 4.74 Å². The van der Waals surface area contributed by atoms with Gasteiger partial charge in [-0.05, 0) is 40.5 Å². The topological polar surface area (TPSA) is 67.9 Å². The van der Waals surface area contributed by atoms with Gasteiger partial charge in [0.15, 0.2) is 0 Å². The molecule has 1 aromatic carbocycles. The van der Waals surface area contributed by atoms with Crippen LogP contribution in [0.15, 0.2) is 58.2 Å². The van der Waals surface area contributed by atoms with Gasteiger partial charge in [-0.15, -0.1) is 11.8 Å². The summed E-state index contributed by atoms with van der Waals surface area (Å²) in [5.41, 5.74) is 2.70. The lowest BCUT2D eigenvalue weighted by molar-refractivity contribution is 0.0523. The number of carbonyl (C=O) groups is 1. The van der Waals surface area contributed by atoms with E-state index < -0.39 is 5.97 Å². The van der Waals surface area contributed by atoms with Gasteiger partial charge in [0.2, 0.25) is 0 Å². The molecule has 1 N–H and O–H groups in total. The molecule has 0 fully saturated rings. The van der Waals surface area contributed by atoms with E-state index in [1.807, 2.05) is 48.5 Å². The smallest absolute Gasteiger partial charge is 0.343 e. The Labute approximate surface area is 158 Å². The summed E-state index contributed by atoms with van der Waals surface area (Å²) in [4.78, 5) is 16.9. The van der Waals surface area contributed by atoms with E-state index in [2.05, 4.69) is 31.1 Å². The quantitative estimate of drug-likeness (QED) is 0.357. The molecule has 5 nitrogen and oxygen atoms in total. The van der Waals surface area contributed by atoms with Crippen LogP contribution in [0.5, 0.6) is 0 Å². The molecule has 2 heterocycles.